The van der Waals surface area contributed by atoms with Gasteiger partial charge < -0.3 is 75.5 Å². The summed E-state index contributed by atoms with van der Waals surface area (Å²) in [5, 5.41) is 26.3. The zero-order valence-corrected chi connectivity index (χ0v) is 66.8. The average Bonchev–Trinajstić information content (AvgIpc) is 1.68. The van der Waals surface area contributed by atoms with Gasteiger partial charge in [-0.15, -0.1) is 0 Å². The van der Waals surface area contributed by atoms with Crippen LogP contribution >= 0.6 is 0 Å². The van der Waals surface area contributed by atoms with E-state index in [-0.39, 0.29) is 113 Å². The number of aliphatic hydroxyl groups excluding tert-OH is 1. The number of likely N-dealkylation sites (N-methyl/N-ethyl adjacent to an activating group) is 4. The molecule has 0 bridgehead atoms. The van der Waals surface area contributed by atoms with Crippen molar-refractivity contribution in [3.63, 3.8) is 0 Å². The Balaban J connectivity index is 1.51. The van der Waals surface area contributed by atoms with Gasteiger partial charge in [0.1, 0.15) is 66.5 Å². The summed E-state index contributed by atoms with van der Waals surface area (Å²) in [7, 11) is 5.85. The van der Waals surface area contributed by atoms with Crippen LogP contribution in [-0.2, 0) is 67.0 Å². The van der Waals surface area contributed by atoms with Crippen molar-refractivity contribution < 1.29 is 72.1 Å². The molecule has 12 amide bonds. The van der Waals surface area contributed by atoms with Crippen molar-refractivity contribution >= 4 is 70.9 Å². The lowest BCUT2D eigenvalue weighted by atomic mass is 9.83. The number of piperidine rings is 1. The second-order valence-corrected chi connectivity index (χ2v) is 33.9. The van der Waals surface area contributed by atoms with E-state index in [2.05, 4.69) is 26.6 Å². The van der Waals surface area contributed by atoms with Crippen LogP contribution in [0.2, 0.25) is 0 Å². The number of hydrogen-bond donors (Lipinski definition) is 6. The van der Waals surface area contributed by atoms with E-state index in [1.165, 1.54) is 64.5 Å². The number of rotatable bonds is 18. The van der Waals surface area contributed by atoms with Gasteiger partial charge in [-0.25, -0.2) is 0 Å². The molecule has 4 aliphatic heterocycles. The molecule has 2 aliphatic carbocycles. The van der Waals surface area contributed by atoms with Crippen molar-refractivity contribution in [3.05, 3.63) is 0 Å². The Morgan fingerprint density at radius 1 is 0.476 bits per heavy atom. The van der Waals surface area contributed by atoms with Gasteiger partial charge in [-0.3, -0.25) is 57.5 Å². The minimum atomic E-state index is -1.65. The first kappa shape index (κ1) is 87.4. The Hall–Kier alpha value is -6.48. The van der Waals surface area contributed by atoms with Gasteiger partial charge >= 0.3 is 0 Å². The zero-order chi connectivity index (χ0) is 77.9. The van der Waals surface area contributed by atoms with E-state index in [9.17, 15) is 19.5 Å². The van der Waals surface area contributed by atoms with E-state index in [0.29, 0.717) is 32.4 Å². The molecule has 6 rings (SSSR count). The van der Waals surface area contributed by atoms with Crippen LogP contribution in [0.25, 0.3) is 0 Å². The fourth-order valence-corrected chi connectivity index (χ4v) is 16.3. The first-order valence-corrected chi connectivity index (χ1v) is 39.8. The molecule has 27 heteroatoms. The highest BCUT2D eigenvalue weighted by atomic mass is 16.5. The molecular formula is C78H134N12O15. The molecule has 6 aliphatic rings. The van der Waals surface area contributed by atoms with Gasteiger partial charge in [0.2, 0.25) is 70.9 Å². The van der Waals surface area contributed by atoms with Crippen molar-refractivity contribution in [3.8, 4) is 0 Å². The van der Waals surface area contributed by atoms with E-state index in [1.807, 2.05) is 55.4 Å². The fourth-order valence-electron chi connectivity index (χ4n) is 16.3. The number of hydrogen-bond acceptors (Lipinski definition) is 15. The normalized spacial score (nSPS) is 29.2. The number of nitrogens with zero attached hydrogens (tertiary/aromatic N) is 7. The number of ether oxygens (including phenoxy) is 2. The monoisotopic (exact) mass is 1480 g/mol. The summed E-state index contributed by atoms with van der Waals surface area (Å²) in [6.07, 6.45) is 9.69. The molecule has 13 atom stereocenters. The van der Waals surface area contributed by atoms with Gasteiger partial charge in [-0.1, -0.05) is 120 Å². The molecule has 2 saturated carbocycles. The Bertz CT molecular complexity index is 2940. The van der Waals surface area contributed by atoms with Crippen molar-refractivity contribution in [1.29, 1.82) is 0 Å². The van der Waals surface area contributed by atoms with Crippen LogP contribution in [0.15, 0.2) is 0 Å². The van der Waals surface area contributed by atoms with E-state index >= 15 is 43.2 Å². The number of likely N-dealkylation sites (tertiary alicyclic amines) is 1. The number of carbonyl (C=O) groups is 12. The summed E-state index contributed by atoms with van der Waals surface area (Å²) in [6.45, 7) is 24.3. The number of aliphatic hydroxyl groups is 1. The fraction of sp³-hybridized carbons (Fsp3) is 0.846. The van der Waals surface area contributed by atoms with Gasteiger partial charge in [0.15, 0.2) is 0 Å². The van der Waals surface area contributed by atoms with Crippen LogP contribution in [0.1, 0.15) is 238 Å². The van der Waals surface area contributed by atoms with Crippen LogP contribution in [-0.4, -0.2) is 262 Å². The summed E-state index contributed by atoms with van der Waals surface area (Å²) >= 11 is 0. The largest absolute Gasteiger partial charge is 0.391 e. The van der Waals surface area contributed by atoms with Crippen molar-refractivity contribution in [2.75, 3.05) is 67.6 Å². The van der Waals surface area contributed by atoms with Gasteiger partial charge in [-0.05, 0) is 141 Å². The molecule has 6 N–H and O–H groups in total. The van der Waals surface area contributed by atoms with Crippen molar-refractivity contribution in [2.24, 2.45) is 35.5 Å². The predicted octanol–water partition coefficient (Wildman–Crippen LogP) is 5.45. The van der Waals surface area contributed by atoms with E-state index < -0.39 is 162 Å². The molecule has 0 aromatic rings. The lowest BCUT2D eigenvalue weighted by molar-refractivity contribution is -0.154. The Kier molecular flexibility index (Phi) is 33.8. The third-order valence-electron chi connectivity index (χ3n) is 22.2. The summed E-state index contributed by atoms with van der Waals surface area (Å²) in [6, 6.07) is -14.2. The number of nitrogens with one attached hydrogen (secondary N) is 5. The van der Waals surface area contributed by atoms with Gasteiger partial charge in [0, 0.05) is 67.4 Å². The second kappa shape index (κ2) is 40.6. The highest BCUT2D eigenvalue weighted by molar-refractivity contribution is 6.00. The summed E-state index contributed by atoms with van der Waals surface area (Å²) in [5.74, 6) is -8.71. The van der Waals surface area contributed by atoms with Crippen LogP contribution in [0.5, 0.6) is 0 Å². The highest BCUT2D eigenvalue weighted by Crippen LogP contribution is 2.33. The maximum atomic E-state index is 15.6. The standard InChI is InChI=1S/C78H134N12O15/c1-18-104-54-43-64-75(101)85(15)61(39-49(6)7)70(96)83-66(51(10)91)77(103)86(16)62(42-53-31-24-20-25-32-53)69(95)80-56(41-52-29-22-19-23-30-52)71(97)84(14)60(38-48(4)5)68(94)81-57(73(99)88-34-26-21-27-35-88)44-65(92)79-55(37-47(2)3)74(100)89-36-28-33-59(89)67(93)82-58(46-105-78(11,12)13)72(98)87(17)63(40-50(8)9)76(102)90(64)45-54/h47-64,66,91H,18-46H2,1-17H3,(H,79,92)(H,80,95)(H,81,94)(H,82,93)(H,83,96)/t51-,54-,55-,56+,57+,58+,59+,60+,61+,62+,63+,64+,66+/m1/s1. The number of fused-ring (bicyclic) bond motifs is 2. The molecule has 4 saturated heterocycles. The second-order valence-electron chi connectivity index (χ2n) is 33.9. The zero-order valence-electron chi connectivity index (χ0n) is 66.8. The third-order valence-corrected chi connectivity index (χ3v) is 22.2. The van der Waals surface area contributed by atoms with Crippen molar-refractivity contribution in [1.82, 2.24) is 60.9 Å². The van der Waals surface area contributed by atoms with E-state index in [0.717, 1.165) is 70.6 Å². The Morgan fingerprint density at radius 2 is 0.962 bits per heavy atom. The van der Waals surface area contributed by atoms with Crippen molar-refractivity contribution in [2.45, 2.75) is 322 Å². The molecule has 6 fully saturated rings. The van der Waals surface area contributed by atoms with Crippen LogP contribution < -0.4 is 26.6 Å². The Labute approximate surface area is 626 Å². The molecule has 105 heavy (non-hydrogen) atoms. The molecule has 0 aromatic heterocycles. The molecule has 0 radical (unpaired) electrons. The SMILES string of the molecule is CCO[C@@H]1C[C@H]2C(=O)N(C)[C@@H](CC(C)C)C(=O)N[C@@H]([C@@H](C)O)C(=O)N(C)[C@@H](CC3CCCCC3)C(=O)N[C@@H](CC3CCCCC3)C(=O)N(C)[C@@H](CC(C)C)C(=O)N[C@H](C(=O)N3CCCCC3)CC(=O)N[C@H](CC(C)C)C(=O)N3CCC[C@H]3C(=O)N[C@@H](COC(C)(C)C)C(=O)N(C)[C@@H](CC(C)C)C(=O)N2C1. The first-order valence-electron chi connectivity index (χ1n) is 39.8. The van der Waals surface area contributed by atoms with Gasteiger partial charge in [-0.2, -0.15) is 0 Å². The predicted molar refractivity (Wildman–Crippen MR) is 399 cm³/mol. The van der Waals surface area contributed by atoms with Crippen LogP contribution in [0.4, 0.5) is 0 Å². The van der Waals surface area contributed by atoms with Gasteiger partial charge in [0.05, 0.1) is 30.8 Å². The molecular weight excluding hydrogens is 1340 g/mol. The summed E-state index contributed by atoms with van der Waals surface area (Å²) in [4.78, 5) is 193. The molecule has 4 heterocycles. The summed E-state index contributed by atoms with van der Waals surface area (Å²) in [5.41, 5.74) is -0.825. The topological polar surface area (TPSA) is 326 Å². The maximum absolute atomic E-state index is 15.6. The highest BCUT2D eigenvalue weighted by Gasteiger charge is 2.49. The molecule has 0 unspecified atom stereocenters. The third kappa shape index (κ3) is 25.0. The van der Waals surface area contributed by atoms with Crippen LogP contribution in [0.3, 0.4) is 0 Å². The van der Waals surface area contributed by atoms with E-state index in [1.54, 1.807) is 32.6 Å². The van der Waals surface area contributed by atoms with Gasteiger partial charge in [0.25, 0.3) is 0 Å². The lowest BCUT2D eigenvalue weighted by Gasteiger charge is -2.38. The number of amides is 12. The minimum absolute atomic E-state index is 0.00714. The molecule has 0 aromatic carbocycles. The maximum Gasteiger partial charge on any atom is 0.248 e. The molecule has 596 valence electrons. The minimum Gasteiger partial charge on any atom is -0.391 e. The average molecular weight is 1480 g/mol. The first-order chi connectivity index (χ1) is 49.4. The summed E-state index contributed by atoms with van der Waals surface area (Å²) < 4.78 is 12.4. The molecule has 27 nitrogen and oxygen atoms in total. The smallest absolute Gasteiger partial charge is 0.248 e. The Morgan fingerprint density at radius 3 is 1.50 bits per heavy atom. The quantitative estimate of drug-likeness (QED) is 0.0994. The van der Waals surface area contributed by atoms with E-state index in [4.69, 9.17) is 9.47 Å². The number of carbonyl (C=O) groups excluding carboxylic acids is 12. The van der Waals surface area contributed by atoms with Crippen LogP contribution in [0, 0.1) is 35.5 Å². The lowest BCUT2D eigenvalue weighted by Crippen LogP contribution is -2.63. The molecule has 0 spiro atoms.